The summed E-state index contributed by atoms with van der Waals surface area (Å²) in [5, 5.41) is 17.9. The number of benzene rings is 1. The topological polar surface area (TPSA) is 79.0 Å². The minimum atomic E-state index is 0.00551. The van der Waals surface area contributed by atoms with Crippen LogP contribution < -0.4 is 10.1 Å². The number of piperazine rings is 1. The maximum atomic E-state index is 5.31. The van der Waals surface area contributed by atoms with E-state index >= 15 is 0 Å². The molecule has 1 aromatic heterocycles. The summed E-state index contributed by atoms with van der Waals surface area (Å²) in [7, 11) is 1.67. The van der Waals surface area contributed by atoms with E-state index in [1.54, 1.807) is 7.11 Å². The van der Waals surface area contributed by atoms with Crippen LogP contribution in [0.2, 0.25) is 0 Å². The summed E-state index contributed by atoms with van der Waals surface area (Å²) >= 11 is 0. The number of rotatable bonds is 4. The number of hydrogen-bond acceptors (Lipinski definition) is 6. The molecule has 1 saturated heterocycles. The van der Waals surface area contributed by atoms with Crippen LogP contribution in [0.25, 0.3) is 0 Å². The normalized spacial score (nSPS) is 17.9. The standard InChI is InChI=1S/C13H18N6O/c1-20-11-4-2-3-10(9-11)12(13-15-17-18-16-13)19-7-5-14-6-8-19/h2-4,9,12,14H,5-8H2,1H3,(H,15,16,17,18). The van der Waals surface area contributed by atoms with Crippen LogP contribution in [0, 0.1) is 0 Å². The summed E-state index contributed by atoms with van der Waals surface area (Å²) in [5.41, 5.74) is 1.12. The second-order valence-electron chi connectivity index (χ2n) is 4.74. The summed E-state index contributed by atoms with van der Waals surface area (Å²) in [5.74, 6) is 1.53. The summed E-state index contributed by atoms with van der Waals surface area (Å²) in [6.07, 6.45) is 0. The van der Waals surface area contributed by atoms with Gasteiger partial charge in [-0.1, -0.05) is 17.3 Å². The van der Waals surface area contributed by atoms with Crippen molar-refractivity contribution < 1.29 is 4.74 Å². The molecule has 0 aliphatic carbocycles. The molecular weight excluding hydrogens is 256 g/mol. The van der Waals surface area contributed by atoms with Gasteiger partial charge >= 0.3 is 0 Å². The smallest absolute Gasteiger partial charge is 0.196 e. The highest BCUT2D eigenvalue weighted by Crippen LogP contribution is 2.28. The molecule has 1 aliphatic rings. The maximum Gasteiger partial charge on any atom is 0.196 e. The Morgan fingerprint density at radius 3 is 2.85 bits per heavy atom. The molecule has 1 aromatic carbocycles. The van der Waals surface area contributed by atoms with Gasteiger partial charge in [0.15, 0.2) is 5.82 Å². The van der Waals surface area contributed by atoms with Gasteiger partial charge in [-0.05, 0) is 17.7 Å². The Morgan fingerprint density at radius 2 is 2.15 bits per heavy atom. The molecule has 1 atom stereocenters. The Morgan fingerprint density at radius 1 is 1.30 bits per heavy atom. The second-order valence-corrected chi connectivity index (χ2v) is 4.74. The van der Waals surface area contributed by atoms with Crippen molar-refractivity contribution in [3.8, 4) is 5.75 Å². The Kier molecular flexibility index (Phi) is 3.89. The molecule has 0 amide bonds. The number of aromatic nitrogens is 4. The second kappa shape index (κ2) is 5.98. The van der Waals surface area contributed by atoms with Gasteiger partial charge in [-0.25, -0.2) is 0 Å². The van der Waals surface area contributed by atoms with E-state index in [9.17, 15) is 0 Å². The summed E-state index contributed by atoms with van der Waals surface area (Å²) < 4.78 is 5.31. The first-order valence-electron chi connectivity index (χ1n) is 6.70. The molecule has 0 bridgehead atoms. The van der Waals surface area contributed by atoms with Gasteiger partial charge in [0.2, 0.25) is 0 Å². The first-order valence-corrected chi connectivity index (χ1v) is 6.70. The van der Waals surface area contributed by atoms with Crippen molar-refractivity contribution in [3.05, 3.63) is 35.7 Å². The number of methoxy groups -OCH3 is 1. The molecule has 1 fully saturated rings. The average Bonchev–Trinajstić information content (AvgIpc) is 3.03. The molecule has 7 nitrogen and oxygen atoms in total. The van der Waals surface area contributed by atoms with Crippen LogP contribution in [0.15, 0.2) is 24.3 Å². The van der Waals surface area contributed by atoms with Crippen LogP contribution in [0.4, 0.5) is 0 Å². The van der Waals surface area contributed by atoms with Crippen molar-refractivity contribution in [1.29, 1.82) is 0 Å². The van der Waals surface area contributed by atoms with E-state index in [0.717, 1.165) is 37.5 Å². The average molecular weight is 274 g/mol. The largest absolute Gasteiger partial charge is 0.497 e. The lowest BCUT2D eigenvalue weighted by Gasteiger charge is -2.33. The predicted molar refractivity (Wildman–Crippen MR) is 73.5 cm³/mol. The highest BCUT2D eigenvalue weighted by Gasteiger charge is 2.27. The van der Waals surface area contributed by atoms with E-state index in [4.69, 9.17) is 4.74 Å². The van der Waals surface area contributed by atoms with Crippen molar-refractivity contribution in [2.45, 2.75) is 6.04 Å². The number of hydrogen-bond donors (Lipinski definition) is 2. The van der Waals surface area contributed by atoms with Crippen molar-refractivity contribution in [1.82, 2.24) is 30.8 Å². The van der Waals surface area contributed by atoms with E-state index in [2.05, 4.69) is 36.9 Å². The zero-order valence-corrected chi connectivity index (χ0v) is 11.4. The quantitative estimate of drug-likeness (QED) is 0.829. The van der Waals surface area contributed by atoms with Gasteiger partial charge < -0.3 is 10.1 Å². The highest BCUT2D eigenvalue weighted by atomic mass is 16.5. The van der Waals surface area contributed by atoms with Crippen molar-refractivity contribution in [3.63, 3.8) is 0 Å². The number of ether oxygens (including phenoxy) is 1. The predicted octanol–water partition coefficient (Wildman–Crippen LogP) is 0.203. The molecule has 0 saturated carbocycles. The minimum Gasteiger partial charge on any atom is -0.497 e. The highest BCUT2D eigenvalue weighted by molar-refractivity contribution is 5.33. The fourth-order valence-electron chi connectivity index (χ4n) is 2.56. The van der Waals surface area contributed by atoms with Crippen molar-refractivity contribution in [2.75, 3.05) is 33.3 Å². The molecule has 1 aliphatic heterocycles. The number of nitrogens with zero attached hydrogens (tertiary/aromatic N) is 4. The first-order chi connectivity index (χ1) is 9.88. The Bertz CT molecular complexity index is 538. The number of tetrazole rings is 1. The Balaban J connectivity index is 1.95. The molecule has 2 heterocycles. The van der Waals surface area contributed by atoms with E-state index < -0.39 is 0 Å². The molecular formula is C13H18N6O. The minimum absolute atomic E-state index is 0.00551. The first kappa shape index (κ1) is 13.0. The van der Waals surface area contributed by atoms with Crippen LogP contribution in [0.3, 0.4) is 0 Å². The van der Waals surface area contributed by atoms with Crippen molar-refractivity contribution in [2.24, 2.45) is 0 Å². The van der Waals surface area contributed by atoms with Crippen LogP contribution in [0.5, 0.6) is 5.75 Å². The summed E-state index contributed by atoms with van der Waals surface area (Å²) in [4.78, 5) is 2.36. The van der Waals surface area contributed by atoms with E-state index in [1.165, 1.54) is 0 Å². The van der Waals surface area contributed by atoms with E-state index in [1.807, 2.05) is 18.2 Å². The fourth-order valence-corrected chi connectivity index (χ4v) is 2.56. The molecule has 2 N–H and O–H groups in total. The van der Waals surface area contributed by atoms with E-state index in [0.29, 0.717) is 5.82 Å². The van der Waals surface area contributed by atoms with Gasteiger partial charge in [-0.2, -0.15) is 5.21 Å². The number of aromatic amines is 1. The molecule has 3 rings (SSSR count). The van der Waals surface area contributed by atoms with Gasteiger partial charge in [-0.15, -0.1) is 10.2 Å². The molecule has 2 aromatic rings. The molecule has 7 heteroatoms. The number of H-pyrrole nitrogens is 1. The van der Waals surface area contributed by atoms with Gasteiger partial charge in [0, 0.05) is 26.2 Å². The molecule has 0 radical (unpaired) electrons. The molecule has 1 unspecified atom stereocenters. The molecule has 20 heavy (non-hydrogen) atoms. The third-order valence-electron chi connectivity index (χ3n) is 3.53. The monoisotopic (exact) mass is 274 g/mol. The lowest BCUT2D eigenvalue weighted by molar-refractivity contribution is 0.192. The molecule has 0 spiro atoms. The third kappa shape index (κ3) is 2.63. The Labute approximate surface area is 117 Å². The zero-order chi connectivity index (χ0) is 13.8. The summed E-state index contributed by atoms with van der Waals surface area (Å²) in [6.45, 7) is 3.85. The van der Waals surface area contributed by atoms with Gasteiger partial charge in [-0.3, -0.25) is 4.90 Å². The lowest BCUT2D eigenvalue weighted by atomic mass is 10.0. The van der Waals surface area contributed by atoms with Crippen LogP contribution in [0.1, 0.15) is 17.4 Å². The summed E-state index contributed by atoms with van der Waals surface area (Å²) in [6, 6.07) is 8.04. The van der Waals surface area contributed by atoms with Gasteiger partial charge in [0.25, 0.3) is 0 Å². The van der Waals surface area contributed by atoms with Crippen molar-refractivity contribution >= 4 is 0 Å². The van der Waals surface area contributed by atoms with Gasteiger partial charge in [0.05, 0.1) is 13.2 Å². The fraction of sp³-hybridized carbons (Fsp3) is 0.462. The van der Waals surface area contributed by atoms with Crippen LogP contribution in [-0.4, -0.2) is 58.8 Å². The zero-order valence-electron chi connectivity index (χ0n) is 11.4. The third-order valence-corrected chi connectivity index (χ3v) is 3.53. The SMILES string of the molecule is COc1cccc(C(c2nn[nH]n2)N2CCNCC2)c1. The maximum absolute atomic E-state index is 5.31. The van der Waals surface area contributed by atoms with E-state index in [-0.39, 0.29) is 6.04 Å². The lowest BCUT2D eigenvalue weighted by Crippen LogP contribution is -2.45. The van der Waals surface area contributed by atoms with Gasteiger partial charge in [0.1, 0.15) is 5.75 Å². The molecule has 106 valence electrons. The Hall–Kier alpha value is -1.99. The van der Waals surface area contributed by atoms with Crippen LogP contribution in [-0.2, 0) is 0 Å². The number of nitrogens with one attached hydrogen (secondary N) is 2. The van der Waals surface area contributed by atoms with Crippen LogP contribution >= 0.6 is 0 Å².